The summed E-state index contributed by atoms with van der Waals surface area (Å²) in [5.41, 5.74) is 7.05. The summed E-state index contributed by atoms with van der Waals surface area (Å²) in [5, 5.41) is 6.02. The van der Waals surface area contributed by atoms with Crippen LogP contribution in [0.2, 0.25) is 0 Å². The molecule has 4 N–H and O–H groups in total. The van der Waals surface area contributed by atoms with Crippen LogP contribution in [0.3, 0.4) is 0 Å². The molecule has 2 atom stereocenters. The van der Waals surface area contributed by atoms with Crippen LogP contribution in [0.5, 0.6) is 0 Å². The number of alkyl halides is 3. The van der Waals surface area contributed by atoms with E-state index in [9.17, 15) is 18.0 Å². The summed E-state index contributed by atoms with van der Waals surface area (Å²) in [7, 11) is 0. The number of nitrogens with one attached hydrogen (secondary N) is 2. The highest BCUT2D eigenvalue weighted by molar-refractivity contribution is 7.15. The van der Waals surface area contributed by atoms with Crippen molar-refractivity contribution in [3.05, 3.63) is 47.2 Å². The van der Waals surface area contributed by atoms with Gasteiger partial charge in [-0.2, -0.15) is 0 Å². The molecule has 1 aromatic rings. The zero-order chi connectivity index (χ0) is 20.7. The highest BCUT2D eigenvalue weighted by atomic mass is 32.1. The maximum atomic E-state index is 12.4. The van der Waals surface area contributed by atoms with Crippen LogP contribution in [0.1, 0.15) is 30.3 Å². The molecule has 1 aromatic heterocycles. The number of aromatic nitrogens is 1. The standard InChI is InChI=1S/C18H23F3N4O2S/c1-3-5-13(27-18(19,20)21)8-6-11(4-2)23-17(26)24-12-7-9-14-15(10-12)28-16(22)25-14/h3-4,6,8,12-13H,1,5,7,9-10H2,2H3,(H2,22,25)(H2,23,24,26)/b8-6-,11-4+. The van der Waals surface area contributed by atoms with Crippen LogP contribution < -0.4 is 16.4 Å². The number of carbonyl (C=O) groups is 1. The number of rotatable bonds is 7. The maximum Gasteiger partial charge on any atom is 0.523 e. The Hall–Kier alpha value is -2.33. The average Bonchev–Trinajstić information content (AvgIpc) is 2.96. The fourth-order valence-corrected chi connectivity index (χ4v) is 3.75. The lowest BCUT2D eigenvalue weighted by Gasteiger charge is -2.22. The number of anilines is 1. The molecule has 1 heterocycles. The summed E-state index contributed by atoms with van der Waals surface area (Å²) in [6.45, 7) is 5.09. The minimum atomic E-state index is -4.75. The number of nitrogens with zero attached hydrogens (tertiary/aromatic N) is 1. The number of hydrogen-bond donors (Lipinski definition) is 3. The number of nitrogen functional groups attached to an aromatic ring is 1. The van der Waals surface area contributed by atoms with Crippen LogP contribution >= 0.6 is 11.3 Å². The maximum absolute atomic E-state index is 12.4. The van der Waals surface area contributed by atoms with Crippen molar-refractivity contribution < 1.29 is 22.7 Å². The molecule has 0 aromatic carbocycles. The van der Waals surface area contributed by atoms with E-state index >= 15 is 0 Å². The van der Waals surface area contributed by atoms with E-state index < -0.39 is 18.5 Å². The number of amides is 2. The zero-order valence-electron chi connectivity index (χ0n) is 15.4. The Morgan fingerprint density at radius 3 is 2.93 bits per heavy atom. The van der Waals surface area contributed by atoms with Gasteiger partial charge in [-0.1, -0.05) is 18.2 Å². The molecule has 28 heavy (non-hydrogen) atoms. The number of hydrogen-bond acceptors (Lipinski definition) is 5. The summed E-state index contributed by atoms with van der Waals surface area (Å²) >= 11 is 1.42. The molecule has 1 aliphatic rings. The molecular weight excluding hydrogens is 393 g/mol. The van der Waals surface area contributed by atoms with E-state index in [0.29, 0.717) is 17.2 Å². The Labute approximate surface area is 165 Å². The topological polar surface area (TPSA) is 89.3 Å². The monoisotopic (exact) mass is 416 g/mol. The van der Waals surface area contributed by atoms with Crippen LogP contribution in [-0.4, -0.2) is 29.5 Å². The second kappa shape index (κ2) is 9.74. The summed E-state index contributed by atoms with van der Waals surface area (Å²) in [6.07, 6.45) is 1.68. The van der Waals surface area contributed by atoms with Gasteiger partial charge in [-0.3, -0.25) is 4.74 Å². The fraction of sp³-hybridized carbons (Fsp3) is 0.444. The van der Waals surface area contributed by atoms with E-state index in [4.69, 9.17) is 5.73 Å². The molecule has 10 heteroatoms. The first-order chi connectivity index (χ1) is 13.2. The number of urea groups is 1. The molecule has 2 unspecified atom stereocenters. The predicted octanol–water partition coefficient (Wildman–Crippen LogP) is 3.82. The van der Waals surface area contributed by atoms with E-state index in [2.05, 4.69) is 26.9 Å². The molecule has 0 spiro atoms. The molecule has 2 rings (SSSR count). The number of halogens is 3. The van der Waals surface area contributed by atoms with Crippen molar-refractivity contribution in [3.8, 4) is 0 Å². The smallest absolute Gasteiger partial charge is 0.375 e. The summed E-state index contributed by atoms with van der Waals surface area (Å²) in [5.74, 6) is 0. The van der Waals surface area contributed by atoms with Crippen molar-refractivity contribution in [1.29, 1.82) is 0 Å². The number of ether oxygens (including phenoxy) is 1. The molecule has 2 amide bonds. The van der Waals surface area contributed by atoms with Gasteiger partial charge in [0.05, 0.1) is 11.8 Å². The first-order valence-corrected chi connectivity index (χ1v) is 9.53. The normalized spacial score (nSPS) is 18.6. The predicted molar refractivity (Wildman–Crippen MR) is 103 cm³/mol. The highest BCUT2D eigenvalue weighted by Crippen LogP contribution is 2.28. The van der Waals surface area contributed by atoms with Gasteiger partial charge in [0, 0.05) is 23.0 Å². The van der Waals surface area contributed by atoms with Crippen LogP contribution in [0.25, 0.3) is 0 Å². The quantitative estimate of drug-likeness (QED) is 0.466. The van der Waals surface area contributed by atoms with Crippen molar-refractivity contribution in [3.63, 3.8) is 0 Å². The number of aryl methyl sites for hydroxylation is 1. The van der Waals surface area contributed by atoms with Crippen molar-refractivity contribution in [2.45, 2.75) is 51.1 Å². The van der Waals surface area contributed by atoms with Gasteiger partial charge in [0.2, 0.25) is 0 Å². The largest absolute Gasteiger partial charge is 0.523 e. The van der Waals surface area contributed by atoms with E-state index in [-0.39, 0.29) is 12.5 Å². The number of carbonyl (C=O) groups excluding carboxylic acids is 1. The van der Waals surface area contributed by atoms with E-state index in [1.807, 2.05) is 0 Å². The second-order valence-corrected chi connectivity index (χ2v) is 7.30. The summed E-state index contributed by atoms with van der Waals surface area (Å²) in [4.78, 5) is 17.6. The SMILES string of the molecule is C=CCC(/C=C\C(=C/C)NC(=O)NC1CCc2nc(N)sc2C1)OC(F)(F)F. The highest BCUT2D eigenvalue weighted by Gasteiger charge is 2.32. The first kappa shape index (κ1) is 22.0. The number of thiazole rings is 1. The van der Waals surface area contributed by atoms with Crippen LogP contribution in [-0.2, 0) is 17.6 Å². The molecule has 1 aliphatic carbocycles. The lowest BCUT2D eigenvalue weighted by molar-refractivity contribution is -0.335. The first-order valence-electron chi connectivity index (χ1n) is 8.71. The van der Waals surface area contributed by atoms with Gasteiger partial charge in [-0.25, -0.2) is 9.78 Å². The molecule has 0 saturated heterocycles. The van der Waals surface area contributed by atoms with Gasteiger partial charge in [-0.05, 0) is 32.3 Å². The Balaban J connectivity index is 1.89. The number of nitrogens with two attached hydrogens (primary N) is 1. The van der Waals surface area contributed by atoms with Crippen molar-refractivity contribution in [1.82, 2.24) is 15.6 Å². The molecule has 0 radical (unpaired) electrons. The van der Waals surface area contributed by atoms with E-state index in [1.165, 1.54) is 29.6 Å². The average molecular weight is 416 g/mol. The minimum absolute atomic E-state index is 0.0123. The van der Waals surface area contributed by atoms with E-state index in [1.54, 1.807) is 13.0 Å². The van der Waals surface area contributed by atoms with Gasteiger partial charge in [0.1, 0.15) is 0 Å². The van der Waals surface area contributed by atoms with Crippen molar-refractivity contribution >= 4 is 22.5 Å². The van der Waals surface area contributed by atoms with Crippen molar-refractivity contribution in [2.24, 2.45) is 0 Å². The van der Waals surface area contributed by atoms with Gasteiger partial charge in [0.15, 0.2) is 5.13 Å². The molecular formula is C18H23F3N4O2S. The summed E-state index contributed by atoms with van der Waals surface area (Å²) in [6, 6.07) is -0.489. The van der Waals surface area contributed by atoms with Gasteiger partial charge < -0.3 is 16.4 Å². The van der Waals surface area contributed by atoms with Crippen molar-refractivity contribution in [2.75, 3.05) is 5.73 Å². The zero-order valence-corrected chi connectivity index (χ0v) is 16.2. The van der Waals surface area contributed by atoms with Crippen LogP contribution in [0.15, 0.2) is 36.6 Å². The Morgan fingerprint density at radius 1 is 1.54 bits per heavy atom. The molecule has 0 fully saturated rings. The molecule has 0 aliphatic heterocycles. The third-order valence-electron chi connectivity index (χ3n) is 4.03. The molecule has 0 saturated carbocycles. The van der Waals surface area contributed by atoms with Gasteiger partial charge in [0.25, 0.3) is 0 Å². The lowest BCUT2D eigenvalue weighted by Crippen LogP contribution is -2.43. The second-order valence-electron chi connectivity index (χ2n) is 6.19. The Morgan fingerprint density at radius 2 is 2.29 bits per heavy atom. The Bertz CT molecular complexity index is 759. The summed E-state index contributed by atoms with van der Waals surface area (Å²) < 4.78 is 41.3. The van der Waals surface area contributed by atoms with Gasteiger partial charge in [-0.15, -0.1) is 31.1 Å². The molecule has 154 valence electrons. The lowest BCUT2D eigenvalue weighted by atomic mass is 9.98. The Kier molecular flexibility index (Phi) is 7.64. The minimum Gasteiger partial charge on any atom is -0.375 e. The van der Waals surface area contributed by atoms with Gasteiger partial charge >= 0.3 is 12.4 Å². The molecule has 6 nitrogen and oxygen atoms in total. The van der Waals surface area contributed by atoms with Crippen LogP contribution in [0, 0.1) is 0 Å². The van der Waals surface area contributed by atoms with Crippen LogP contribution in [0.4, 0.5) is 23.1 Å². The number of allylic oxidation sites excluding steroid dienone is 2. The third kappa shape index (κ3) is 7.01. The van der Waals surface area contributed by atoms with E-state index in [0.717, 1.165) is 23.4 Å². The molecule has 0 bridgehead atoms. The number of fused-ring (bicyclic) bond motifs is 1. The fourth-order valence-electron chi connectivity index (χ4n) is 2.79. The third-order valence-corrected chi connectivity index (χ3v) is 4.98.